The molecule has 1 heterocycles. The average Bonchev–Trinajstić information content (AvgIpc) is 2.38. The van der Waals surface area contributed by atoms with Gasteiger partial charge in [0.2, 0.25) is 0 Å². The van der Waals surface area contributed by atoms with Crippen LogP contribution in [0.15, 0.2) is 18.3 Å². The fourth-order valence-corrected chi connectivity index (χ4v) is 1.87. The van der Waals surface area contributed by atoms with Gasteiger partial charge in [0, 0.05) is 19.3 Å². The molecule has 108 valence electrons. The minimum Gasteiger partial charge on any atom is -0.392 e. The molecule has 1 aromatic rings. The van der Waals surface area contributed by atoms with Gasteiger partial charge >= 0.3 is 0 Å². The molecule has 0 aromatic carbocycles. The van der Waals surface area contributed by atoms with Crippen molar-refractivity contribution < 1.29 is 5.11 Å². The lowest BCUT2D eigenvalue weighted by molar-refractivity contribution is 0.281. The molecule has 0 bridgehead atoms. The molecule has 0 unspecified atom stereocenters. The normalized spacial score (nSPS) is 11.3. The molecular formula is C16H28N2O. The molecule has 0 atom stereocenters. The third-order valence-electron chi connectivity index (χ3n) is 3.27. The number of aromatic nitrogens is 1. The minimum atomic E-state index is 0.0608. The standard InChI is InChI=1S/C16H28N2O/c1-13(2)7-9-18(10-8-14(3)4)16-6-5-15(12-19)11-17-16/h5-6,11,13-14,19H,7-10,12H2,1-4H3. The van der Waals surface area contributed by atoms with E-state index in [1.807, 2.05) is 12.1 Å². The highest BCUT2D eigenvalue weighted by atomic mass is 16.3. The lowest BCUT2D eigenvalue weighted by Crippen LogP contribution is -2.28. The van der Waals surface area contributed by atoms with Crippen molar-refractivity contribution in [1.29, 1.82) is 0 Å². The summed E-state index contributed by atoms with van der Waals surface area (Å²) in [6, 6.07) is 3.98. The van der Waals surface area contributed by atoms with E-state index in [9.17, 15) is 0 Å². The third-order valence-corrected chi connectivity index (χ3v) is 3.27. The van der Waals surface area contributed by atoms with Gasteiger partial charge in [-0.3, -0.25) is 0 Å². The molecule has 0 aliphatic carbocycles. The highest BCUT2D eigenvalue weighted by Gasteiger charge is 2.09. The molecule has 1 N–H and O–H groups in total. The smallest absolute Gasteiger partial charge is 0.128 e. The molecule has 0 amide bonds. The number of aliphatic hydroxyl groups is 1. The number of rotatable bonds is 8. The molecule has 1 rings (SSSR count). The molecule has 0 radical (unpaired) electrons. The first-order valence-corrected chi connectivity index (χ1v) is 7.33. The second-order valence-corrected chi connectivity index (χ2v) is 6.03. The van der Waals surface area contributed by atoms with E-state index in [2.05, 4.69) is 37.6 Å². The molecule has 0 saturated heterocycles. The van der Waals surface area contributed by atoms with Crippen molar-refractivity contribution in [3.63, 3.8) is 0 Å². The summed E-state index contributed by atoms with van der Waals surface area (Å²) < 4.78 is 0. The molecule has 3 heteroatoms. The van der Waals surface area contributed by atoms with Crippen LogP contribution in [0.4, 0.5) is 5.82 Å². The Kier molecular flexibility index (Phi) is 6.85. The number of anilines is 1. The second kappa shape index (κ2) is 8.16. The number of hydrogen-bond acceptors (Lipinski definition) is 3. The Morgan fingerprint density at radius 2 is 1.63 bits per heavy atom. The van der Waals surface area contributed by atoms with Crippen LogP contribution in [0, 0.1) is 11.8 Å². The molecule has 0 saturated carbocycles. The first-order chi connectivity index (χ1) is 9.02. The van der Waals surface area contributed by atoms with Gasteiger partial charge in [0.1, 0.15) is 5.82 Å². The molecule has 0 aliphatic rings. The van der Waals surface area contributed by atoms with Crippen LogP contribution in [0.5, 0.6) is 0 Å². The van der Waals surface area contributed by atoms with Crippen molar-refractivity contribution in [1.82, 2.24) is 4.98 Å². The van der Waals surface area contributed by atoms with E-state index in [0.29, 0.717) is 11.8 Å². The Balaban J connectivity index is 2.69. The van der Waals surface area contributed by atoms with Crippen LogP contribution in [-0.2, 0) is 6.61 Å². The van der Waals surface area contributed by atoms with Gasteiger partial charge < -0.3 is 10.0 Å². The number of aliphatic hydroxyl groups excluding tert-OH is 1. The second-order valence-electron chi connectivity index (χ2n) is 6.03. The van der Waals surface area contributed by atoms with Crippen molar-refractivity contribution in [3.05, 3.63) is 23.9 Å². The topological polar surface area (TPSA) is 36.4 Å². The zero-order valence-electron chi connectivity index (χ0n) is 12.8. The van der Waals surface area contributed by atoms with Crippen LogP contribution in [0.1, 0.15) is 46.1 Å². The van der Waals surface area contributed by atoms with Gasteiger partial charge in [-0.25, -0.2) is 4.98 Å². The van der Waals surface area contributed by atoms with Crippen LogP contribution in [0.25, 0.3) is 0 Å². The summed E-state index contributed by atoms with van der Waals surface area (Å²) in [4.78, 5) is 6.83. The summed E-state index contributed by atoms with van der Waals surface area (Å²) in [6.07, 6.45) is 4.14. The number of hydrogen-bond donors (Lipinski definition) is 1. The Labute approximate surface area is 117 Å². The summed E-state index contributed by atoms with van der Waals surface area (Å²) in [5.74, 6) is 2.44. The fraction of sp³-hybridized carbons (Fsp3) is 0.688. The summed E-state index contributed by atoms with van der Waals surface area (Å²) in [5, 5.41) is 9.07. The zero-order chi connectivity index (χ0) is 14.3. The third kappa shape index (κ3) is 6.06. The van der Waals surface area contributed by atoms with E-state index in [4.69, 9.17) is 5.11 Å². The Hall–Kier alpha value is -1.09. The van der Waals surface area contributed by atoms with Crippen LogP contribution in [0.3, 0.4) is 0 Å². The Bertz CT molecular complexity index is 334. The van der Waals surface area contributed by atoms with E-state index >= 15 is 0 Å². The molecular weight excluding hydrogens is 236 g/mol. The van der Waals surface area contributed by atoms with Gasteiger partial charge in [0.25, 0.3) is 0 Å². The predicted octanol–water partition coefficient (Wildman–Crippen LogP) is 3.47. The Morgan fingerprint density at radius 3 is 2.00 bits per heavy atom. The highest BCUT2D eigenvalue weighted by molar-refractivity contribution is 5.39. The maximum absolute atomic E-state index is 9.07. The van der Waals surface area contributed by atoms with Crippen LogP contribution >= 0.6 is 0 Å². The predicted molar refractivity (Wildman–Crippen MR) is 81.3 cm³/mol. The quantitative estimate of drug-likeness (QED) is 0.781. The van der Waals surface area contributed by atoms with Gasteiger partial charge in [0.05, 0.1) is 6.61 Å². The zero-order valence-corrected chi connectivity index (χ0v) is 12.8. The lowest BCUT2D eigenvalue weighted by Gasteiger charge is -2.25. The molecule has 0 spiro atoms. The summed E-state index contributed by atoms with van der Waals surface area (Å²) in [7, 11) is 0. The number of nitrogens with zero attached hydrogens (tertiary/aromatic N) is 2. The van der Waals surface area contributed by atoms with Gasteiger partial charge in [-0.1, -0.05) is 33.8 Å². The van der Waals surface area contributed by atoms with Gasteiger partial charge in [0.15, 0.2) is 0 Å². The lowest BCUT2D eigenvalue weighted by atomic mass is 10.1. The average molecular weight is 264 g/mol. The van der Waals surface area contributed by atoms with Gasteiger partial charge in [-0.2, -0.15) is 0 Å². The first kappa shape index (κ1) is 16.0. The minimum absolute atomic E-state index is 0.0608. The van der Waals surface area contributed by atoms with E-state index in [1.165, 1.54) is 12.8 Å². The van der Waals surface area contributed by atoms with Crippen molar-refractivity contribution in [2.45, 2.75) is 47.1 Å². The fourth-order valence-electron chi connectivity index (χ4n) is 1.87. The van der Waals surface area contributed by atoms with Crippen LogP contribution in [-0.4, -0.2) is 23.2 Å². The van der Waals surface area contributed by atoms with Crippen molar-refractivity contribution in [2.24, 2.45) is 11.8 Å². The molecule has 1 aromatic heterocycles. The summed E-state index contributed by atoms with van der Waals surface area (Å²) >= 11 is 0. The van der Waals surface area contributed by atoms with E-state index < -0.39 is 0 Å². The van der Waals surface area contributed by atoms with E-state index in [0.717, 1.165) is 24.5 Å². The van der Waals surface area contributed by atoms with E-state index in [-0.39, 0.29) is 6.61 Å². The van der Waals surface area contributed by atoms with Crippen molar-refractivity contribution in [2.75, 3.05) is 18.0 Å². The maximum Gasteiger partial charge on any atom is 0.128 e. The monoisotopic (exact) mass is 264 g/mol. The van der Waals surface area contributed by atoms with Gasteiger partial charge in [-0.15, -0.1) is 0 Å². The van der Waals surface area contributed by atoms with Crippen LogP contribution < -0.4 is 4.90 Å². The molecule has 0 aliphatic heterocycles. The highest BCUT2D eigenvalue weighted by Crippen LogP contribution is 2.15. The van der Waals surface area contributed by atoms with Crippen molar-refractivity contribution >= 4 is 5.82 Å². The first-order valence-electron chi connectivity index (χ1n) is 7.33. The summed E-state index contributed by atoms with van der Waals surface area (Å²) in [5.41, 5.74) is 0.872. The summed E-state index contributed by atoms with van der Waals surface area (Å²) in [6.45, 7) is 11.2. The molecule has 0 fully saturated rings. The number of pyridine rings is 1. The maximum atomic E-state index is 9.07. The molecule has 19 heavy (non-hydrogen) atoms. The van der Waals surface area contributed by atoms with Gasteiger partial charge in [-0.05, 0) is 36.3 Å². The Morgan fingerprint density at radius 1 is 1.05 bits per heavy atom. The van der Waals surface area contributed by atoms with Crippen molar-refractivity contribution in [3.8, 4) is 0 Å². The largest absolute Gasteiger partial charge is 0.392 e. The SMILES string of the molecule is CC(C)CCN(CCC(C)C)c1ccc(CO)cn1. The van der Waals surface area contributed by atoms with E-state index in [1.54, 1.807) is 6.20 Å². The van der Waals surface area contributed by atoms with Crippen LogP contribution in [0.2, 0.25) is 0 Å². The molecule has 3 nitrogen and oxygen atoms in total.